The van der Waals surface area contributed by atoms with Crippen LogP contribution in [0.3, 0.4) is 0 Å². The van der Waals surface area contributed by atoms with E-state index < -0.39 is 23.4 Å². The Kier molecular flexibility index (Phi) is 4.18. The van der Waals surface area contributed by atoms with Gasteiger partial charge in [0.05, 0.1) is 18.2 Å². The molecule has 0 saturated carbocycles. The number of carbonyl (C=O) groups is 2. The second-order valence-corrected chi connectivity index (χ2v) is 4.18. The molecule has 0 fully saturated rings. The van der Waals surface area contributed by atoms with E-state index in [1.165, 1.54) is 37.4 Å². The van der Waals surface area contributed by atoms with Gasteiger partial charge >= 0.3 is 5.97 Å². The number of methoxy groups -OCH3 is 1. The normalized spacial score (nSPS) is 10.0. The number of aromatic hydroxyl groups is 1. The minimum atomic E-state index is -0.633. The standard InChI is InChI=1S/C15H12FNO4/c1-21-15(20)9-2-5-11(6-3-9)17-14(19)12-7-4-10(16)8-13(12)18/h2-8,18H,1H3,(H,17,19). The molecule has 0 heterocycles. The third-order valence-corrected chi connectivity index (χ3v) is 2.77. The van der Waals surface area contributed by atoms with E-state index in [2.05, 4.69) is 10.1 Å². The van der Waals surface area contributed by atoms with E-state index in [9.17, 15) is 19.1 Å². The Morgan fingerprint density at radius 2 is 1.81 bits per heavy atom. The highest BCUT2D eigenvalue weighted by atomic mass is 19.1. The maximum Gasteiger partial charge on any atom is 0.337 e. The van der Waals surface area contributed by atoms with Crippen LogP contribution in [0.5, 0.6) is 5.75 Å². The van der Waals surface area contributed by atoms with Gasteiger partial charge in [0, 0.05) is 11.8 Å². The molecule has 0 spiro atoms. The van der Waals surface area contributed by atoms with Crippen molar-refractivity contribution in [1.29, 1.82) is 0 Å². The van der Waals surface area contributed by atoms with Crippen molar-refractivity contribution in [3.8, 4) is 5.75 Å². The molecule has 0 atom stereocenters. The molecular weight excluding hydrogens is 277 g/mol. The monoisotopic (exact) mass is 289 g/mol. The Labute approximate surface area is 120 Å². The molecule has 2 N–H and O–H groups in total. The summed E-state index contributed by atoms with van der Waals surface area (Å²) in [5.41, 5.74) is 0.727. The topological polar surface area (TPSA) is 75.6 Å². The summed E-state index contributed by atoms with van der Waals surface area (Å²) in [6.07, 6.45) is 0. The van der Waals surface area contributed by atoms with Crippen molar-refractivity contribution >= 4 is 17.6 Å². The lowest BCUT2D eigenvalue weighted by molar-refractivity contribution is 0.0600. The fraction of sp³-hybridized carbons (Fsp3) is 0.0667. The lowest BCUT2D eigenvalue weighted by Gasteiger charge is -2.07. The SMILES string of the molecule is COC(=O)c1ccc(NC(=O)c2ccc(F)cc2O)cc1. The smallest absolute Gasteiger partial charge is 0.337 e. The number of phenolic OH excluding ortho intramolecular Hbond substituents is 1. The van der Waals surface area contributed by atoms with Crippen molar-refractivity contribution in [2.75, 3.05) is 12.4 Å². The fourth-order valence-corrected chi connectivity index (χ4v) is 1.70. The van der Waals surface area contributed by atoms with Crippen LogP contribution >= 0.6 is 0 Å². The predicted octanol–water partition coefficient (Wildman–Crippen LogP) is 2.57. The second-order valence-electron chi connectivity index (χ2n) is 4.18. The number of rotatable bonds is 3. The summed E-state index contributed by atoms with van der Waals surface area (Å²) in [6, 6.07) is 9.14. The maximum atomic E-state index is 12.9. The molecular formula is C15H12FNO4. The summed E-state index contributed by atoms with van der Waals surface area (Å²) >= 11 is 0. The molecule has 0 aliphatic rings. The molecule has 0 aliphatic carbocycles. The molecule has 0 radical (unpaired) electrons. The van der Waals surface area contributed by atoms with Gasteiger partial charge in [-0.2, -0.15) is 0 Å². The molecule has 2 aromatic rings. The maximum absolute atomic E-state index is 12.9. The predicted molar refractivity (Wildman–Crippen MR) is 73.8 cm³/mol. The van der Waals surface area contributed by atoms with Gasteiger partial charge in [0.1, 0.15) is 11.6 Å². The van der Waals surface area contributed by atoms with Crippen LogP contribution in [0.15, 0.2) is 42.5 Å². The number of benzene rings is 2. The summed E-state index contributed by atoms with van der Waals surface area (Å²) in [6.45, 7) is 0. The van der Waals surface area contributed by atoms with Crippen molar-refractivity contribution in [3.63, 3.8) is 0 Å². The first-order valence-electron chi connectivity index (χ1n) is 5.99. The quantitative estimate of drug-likeness (QED) is 0.851. The van der Waals surface area contributed by atoms with Crippen LogP contribution in [0.2, 0.25) is 0 Å². The van der Waals surface area contributed by atoms with Gasteiger partial charge in [0.25, 0.3) is 5.91 Å². The van der Waals surface area contributed by atoms with Gasteiger partial charge in [-0.15, -0.1) is 0 Å². The van der Waals surface area contributed by atoms with E-state index in [1.54, 1.807) is 0 Å². The molecule has 6 heteroatoms. The lowest BCUT2D eigenvalue weighted by atomic mass is 10.1. The zero-order chi connectivity index (χ0) is 15.4. The van der Waals surface area contributed by atoms with Crippen LogP contribution in [0, 0.1) is 5.82 Å². The molecule has 0 bridgehead atoms. The molecule has 21 heavy (non-hydrogen) atoms. The summed E-state index contributed by atoms with van der Waals surface area (Å²) in [4.78, 5) is 23.2. The molecule has 0 aliphatic heterocycles. The third kappa shape index (κ3) is 3.36. The Balaban J connectivity index is 2.14. The van der Waals surface area contributed by atoms with Gasteiger partial charge in [-0.25, -0.2) is 9.18 Å². The number of nitrogens with one attached hydrogen (secondary N) is 1. The van der Waals surface area contributed by atoms with Gasteiger partial charge in [0.15, 0.2) is 0 Å². The average Bonchev–Trinajstić information content (AvgIpc) is 2.47. The summed E-state index contributed by atoms with van der Waals surface area (Å²) < 4.78 is 17.4. The van der Waals surface area contributed by atoms with Gasteiger partial charge in [-0.05, 0) is 36.4 Å². The molecule has 1 amide bonds. The van der Waals surface area contributed by atoms with E-state index in [4.69, 9.17) is 0 Å². The van der Waals surface area contributed by atoms with Crippen LogP contribution in [0.25, 0.3) is 0 Å². The van der Waals surface area contributed by atoms with Crippen molar-refractivity contribution in [1.82, 2.24) is 0 Å². The molecule has 108 valence electrons. The third-order valence-electron chi connectivity index (χ3n) is 2.77. The van der Waals surface area contributed by atoms with E-state index in [1.807, 2.05) is 0 Å². The Morgan fingerprint density at radius 3 is 2.38 bits per heavy atom. The Morgan fingerprint density at radius 1 is 1.14 bits per heavy atom. The lowest BCUT2D eigenvalue weighted by Crippen LogP contribution is -2.12. The average molecular weight is 289 g/mol. The number of halogens is 1. The molecule has 0 saturated heterocycles. The molecule has 0 unspecified atom stereocenters. The van der Waals surface area contributed by atoms with Crippen LogP contribution in [0.4, 0.5) is 10.1 Å². The van der Waals surface area contributed by atoms with Crippen LogP contribution in [0.1, 0.15) is 20.7 Å². The minimum absolute atomic E-state index is 0.0477. The van der Waals surface area contributed by atoms with Gasteiger partial charge in [0.2, 0.25) is 0 Å². The van der Waals surface area contributed by atoms with E-state index in [-0.39, 0.29) is 5.56 Å². The summed E-state index contributed by atoms with van der Waals surface area (Å²) in [7, 11) is 1.27. The first-order valence-corrected chi connectivity index (χ1v) is 5.99. The highest BCUT2D eigenvalue weighted by Gasteiger charge is 2.12. The van der Waals surface area contributed by atoms with Crippen LogP contribution in [-0.4, -0.2) is 24.1 Å². The van der Waals surface area contributed by atoms with Gasteiger partial charge in [-0.3, -0.25) is 4.79 Å². The van der Waals surface area contributed by atoms with Crippen molar-refractivity contribution in [3.05, 3.63) is 59.4 Å². The van der Waals surface area contributed by atoms with E-state index in [0.717, 1.165) is 12.1 Å². The Bertz CT molecular complexity index is 683. The second kappa shape index (κ2) is 6.04. The van der Waals surface area contributed by atoms with E-state index >= 15 is 0 Å². The van der Waals surface area contributed by atoms with E-state index in [0.29, 0.717) is 11.3 Å². The molecule has 2 rings (SSSR count). The summed E-state index contributed by atoms with van der Waals surface area (Å²) in [5.74, 6) is -2.15. The number of carbonyl (C=O) groups excluding carboxylic acids is 2. The number of phenols is 1. The fourth-order valence-electron chi connectivity index (χ4n) is 1.70. The van der Waals surface area contributed by atoms with Crippen LogP contribution < -0.4 is 5.32 Å². The highest BCUT2D eigenvalue weighted by molar-refractivity contribution is 6.06. The largest absolute Gasteiger partial charge is 0.507 e. The number of amides is 1. The number of ether oxygens (including phenoxy) is 1. The number of esters is 1. The number of anilines is 1. The molecule has 0 aromatic heterocycles. The van der Waals surface area contributed by atoms with Crippen molar-refractivity contribution < 1.29 is 23.8 Å². The number of hydrogen-bond donors (Lipinski definition) is 2. The highest BCUT2D eigenvalue weighted by Crippen LogP contribution is 2.20. The zero-order valence-corrected chi connectivity index (χ0v) is 11.1. The Hall–Kier alpha value is -2.89. The van der Waals surface area contributed by atoms with Gasteiger partial charge < -0.3 is 15.2 Å². The minimum Gasteiger partial charge on any atom is -0.507 e. The van der Waals surface area contributed by atoms with Gasteiger partial charge in [-0.1, -0.05) is 0 Å². The van der Waals surface area contributed by atoms with Crippen LogP contribution in [-0.2, 0) is 4.74 Å². The summed E-state index contributed by atoms with van der Waals surface area (Å²) in [5, 5.41) is 12.1. The zero-order valence-electron chi connectivity index (χ0n) is 11.1. The van der Waals surface area contributed by atoms with Crippen molar-refractivity contribution in [2.45, 2.75) is 0 Å². The molecule has 2 aromatic carbocycles. The first-order chi connectivity index (χ1) is 10.0. The van der Waals surface area contributed by atoms with Crippen molar-refractivity contribution in [2.24, 2.45) is 0 Å². The number of hydrogen-bond acceptors (Lipinski definition) is 4. The first kappa shape index (κ1) is 14.5. The molecule has 5 nitrogen and oxygen atoms in total.